The van der Waals surface area contributed by atoms with Crippen LogP contribution in [0.15, 0.2) is 47.8 Å². The van der Waals surface area contributed by atoms with Gasteiger partial charge in [0.25, 0.3) is 0 Å². The van der Waals surface area contributed by atoms with Gasteiger partial charge in [-0.05, 0) is 37.7 Å². The van der Waals surface area contributed by atoms with E-state index < -0.39 is 11.9 Å². The molecule has 0 amide bonds. The molecule has 3 rings (SSSR count). The van der Waals surface area contributed by atoms with E-state index in [0.29, 0.717) is 23.1 Å². The van der Waals surface area contributed by atoms with Crippen molar-refractivity contribution in [3.8, 4) is 0 Å². The predicted molar refractivity (Wildman–Crippen MR) is 96.0 cm³/mol. The zero-order valence-corrected chi connectivity index (χ0v) is 14.7. The van der Waals surface area contributed by atoms with Crippen LogP contribution < -0.4 is 5.32 Å². The highest BCUT2D eigenvalue weighted by Crippen LogP contribution is 2.33. The van der Waals surface area contributed by atoms with E-state index in [9.17, 15) is 13.2 Å². The van der Waals surface area contributed by atoms with E-state index in [2.05, 4.69) is 10.3 Å². The third-order valence-electron chi connectivity index (χ3n) is 3.99. The van der Waals surface area contributed by atoms with Crippen molar-refractivity contribution in [2.75, 3.05) is 26.0 Å². The highest BCUT2D eigenvalue weighted by molar-refractivity contribution is 7.10. The van der Waals surface area contributed by atoms with Crippen molar-refractivity contribution in [3.05, 3.63) is 58.4 Å². The quantitative estimate of drug-likeness (QED) is 0.687. The average Bonchev–Trinajstić information content (AvgIpc) is 3.07. The first-order valence-electron chi connectivity index (χ1n) is 7.77. The lowest BCUT2D eigenvalue weighted by molar-refractivity contribution is -0.140. The van der Waals surface area contributed by atoms with Gasteiger partial charge in [-0.1, -0.05) is 24.3 Å². The molecule has 3 nitrogen and oxygen atoms in total. The molecule has 1 N–H and O–H groups in total. The van der Waals surface area contributed by atoms with E-state index in [0.717, 1.165) is 10.9 Å². The van der Waals surface area contributed by atoms with Crippen LogP contribution in [0.25, 0.3) is 10.9 Å². The summed E-state index contributed by atoms with van der Waals surface area (Å²) in [6.07, 6.45) is -4.48. The number of nitrogens with one attached hydrogen (secondary N) is 1. The first kappa shape index (κ1) is 17.7. The highest BCUT2D eigenvalue weighted by Gasteiger charge is 2.33. The molecule has 2 heterocycles. The Morgan fingerprint density at radius 3 is 2.56 bits per heavy atom. The monoisotopic (exact) mass is 365 g/mol. The molecule has 0 aliphatic heterocycles. The molecule has 0 saturated heterocycles. The van der Waals surface area contributed by atoms with Crippen molar-refractivity contribution in [1.82, 2.24) is 9.88 Å². The van der Waals surface area contributed by atoms with E-state index in [4.69, 9.17) is 0 Å². The largest absolute Gasteiger partial charge is 0.433 e. The molecule has 0 radical (unpaired) electrons. The molecule has 132 valence electrons. The smallest absolute Gasteiger partial charge is 0.382 e. The third-order valence-corrected chi connectivity index (χ3v) is 4.96. The number of para-hydroxylation sites is 1. The molecule has 1 aromatic carbocycles. The van der Waals surface area contributed by atoms with Crippen LogP contribution in [-0.4, -0.2) is 30.5 Å². The molecule has 25 heavy (non-hydrogen) atoms. The van der Waals surface area contributed by atoms with Gasteiger partial charge in [0.15, 0.2) is 0 Å². The van der Waals surface area contributed by atoms with E-state index in [-0.39, 0.29) is 6.04 Å². The second kappa shape index (κ2) is 7.01. The van der Waals surface area contributed by atoms with Gasteiger partial charge in [-0.2, -0.15) is 13.2 Å². The van der Waals surface area contributed by atoms with Gasteiger partial charge >= 0.3 is 6.18 Å². The fourth-order valence-electron chi connectivity index (χ4n) is 2.69. The normalized spacial score (nSPS) is 13.4. The van der Waals surface area contributed by atoms with Crippen LogP contribution in [0.2, 0.25) is 0 Å². The molecule has 0 bridgehead atoms. The third kappa shape index (κ3) is 3.93. The number of fused-ring (bicyclic) bond motifs is 1. The van der Waals surface area contributed by atoms with E-state index in [1.165, 1.54) is 0 Å². The van der Waals surface area contributed by atoms with Crippen LogP contribution in [-0.2, 0) is 6.18 Å². The number of rotatable bonds is 5. The highest BCUT2D eigenvalue weighted by atomic mass is 32.1. The number of nitrogens with zero attached hydrogens (tertiary/aromatic N) is 2. The fourth-order valence-corrected chi connectivity index (χ4v) is 3.61. The Bertz CT molecular complexity index is 844. The molecule has 1 atom stereocenters. The minimum atomic E-state index is -4.48. The SMILES string of the molecule is CN(C)[C@@H](CNc1cc(C(F)(F)F)nc2ccccc12)c1cccs1. The molecule has 0 fully saturated rings. The topological polar surface area (TPSA) is 28.2 Å². The van der Waals surface area contributed by atoms with Crippen molar-refractivity contribution in [1.29, 1.82) is 0 Å². The summed E-state index contributed by atoms with van der Waals surface area (Å²) in [6.45, 7) is 0.499. The van der Waals surface area contributed by atoms with Crippen LogP contribution in [0.1, 0.15) is 16.6 Å². The number of anilines is 1. The van der Waals surface area contributed by atoms with Crippen molar-refractivity contribution in [2.24, 2.45) is 0 Å². The van der Waals surface area contributed by atoms with Gasteiger partial charge in [-0.3, -0.25) is 0 Å². The Morgan fingerprint density at radius 2 is 1.92 bits per heavy atom. The molecule has 3 aromatic rings. The molecule has 0 spiro atoms. The summed E-state index contributed by atoms with van der Waals surface area (Å²) in [5, 5.41) is 5.87. The van der Waals surface area contributed by atoms with E-state index in [1.54, 1.807) is 35.6 Å². The zero-order valence-electron chi connectivity index (χ0n) is 13.8. The number of aromatic nitrogens is 1. The minimum absolute atomic E-state index is 0.0706. The zero-order chi connectivity index (χ0) is 18.0. The van der Waals surface area contributed by atoms with Gasteiger partial charge in [0.1, 0.15) is 5.69 Å². The van der Waals surface area contributed by atoms with Crippen LogP contribution in [0.4, 0.5) is 18.9 Å². The molecule has 0 aliphatic rings. The number of alkyl halides is 3. The summed E-state index contributed by atoms with van der Waals surface area (Å²) in [4.78, 5) is 6.95. The molecular weight excluding hydrogens is 347 g/mol. The summed E-state index contributed by atoms with van der Waals surface area (Å²) in [6, 6.07) is 12.0. The summed E-state index contributed by atoms with van der Waals surface area (Å²) in [5.41, 5.74) is -0.107. The number of hydrogen-bond donors (Lipinski definition) is 1. The van der Waals surface area contributed by atoms with Gasteiger partial charge in [0, 0.05) is 22.5 Å². The number of thiophene rings is 1. The van der Waals surface area contributed by atoms with Crippen LogP contribution in [0.3, 0.4) is 0 Å². The minimum Gasteiger partial charge on any atom is -0.382 e. The second-order valence-electron chi connectivity index (χ2n) is 5.95. The summed E-state index contributed by atoms with van der Waals surface area (Å²) in [5.74, 6) is 0. The summed E-state index contributed by atoms with van der Waals surface area (Å²) in [7, 11) is 3.91. The van der Waals surface area contributed by atoms with E-state index >= 15 is 0 Å². The first-order valence-corrected chi connectivity index (χ1v) is 8.65. The summed E-state index contributed by atoms with van der Waals surface area (Å²) >= 11 is 1.63. The van der Waals surface area contributed by atoms with E-state index in [1.807, 2.05) is 36.5 Å². The van der Waals surface area contributed by atoms with Crippen molar-refractivity contribution >= 4 is 27.9 Å². The van der Waals surface area contributed by atoms with Crippen LogP contribution >= 0.6 is 11.3 Å². The number of halogens is 3. The average molecular weight is 365 g/mol. The van der Waals surface area contributed by atoms with Crippen LogP contribution in [0, 0.1) is 0 Å². The maximum Gasteiger partial charge on any atom is 0.433 e. The van der Waals surface area contributed by atoms with Gasteiger partial charge in [0.05, 0.1) is 11.6 Å². The van der Waals surface area contributed by atoms with Crippen LogP contribution in [0.5, 0.6) is 0 Å². The maximum atomic E-state index is 13.1. The van der Waals surface area contributed by atoms with Gasteiger partial charge in [0.2, 0.25) is 0 Å². The lowest BCUT2D eigenvalue weighted by atomic mass is 10.1. The molecule has 0 saturated carbocycles. The molecule has 2 aromatic heterocycles. The predicted octanol–water partition coefficient (Wildman–Crippen LogP) is 5.03. The lowest BCUT2D eigenvalue weighted by Crippen LogP contribution is -2.26. The Hall–Kier alpha value is -2.12. The number of pyridine rings is 1. The van der Waals surface area contributed by atoms with Crippen molar-refractivity contribution < 1.29 is 13.2 Å². The maximum absolute atomic E-state index is 13.1. The fraction of sp³-hybridized carbons (Fsp3) is 0.278. The Morgan fingerprint density at radius 1 is 1.16 bits per heavy atom. The number of benzene rings is 1. The van der Waals surface area contributed by atoms with Gasteiger partial charge < -0.3 is 10.2 Å². The van der Waals surface area contributed by atoms with Gasteiger partial charge in [-0.15, -0.1) is 11.3 Å². The van der Waals surface area contributed by atoms with Gasteiger partial charge in [-0.25, -0.2) is 4.98 Å². The Kier molecular flexibility index (Phi) is 4.96. The second-order valence-corrected chi connectivity index (χ2v) is 6.92. The Balaban J connectivity index is 1.94. The Labute approximate surface area is 148 Å². The standard InChI is InChI=1S/C18H18F3N3S/c1-24(2)15(16-8-5-9-25-16)11-22-14-10-17(18(19,20)21)23-13-7-4-3-6-12(13)14/h3-10,15H,11H2,1-2H3,(H,22,23)/t15-/m0/s1. The molecule has 0 unspecified atom stereocenters. The molecule has 0 aliphatic carbocycles. The first-order chi connectivity index (χ1) is 11.9. The lowest BCUT2D eigenvalue weighted by Gasteiger charge is -2.24. The van der Waals surface area contributed by atoms with Crippen molar-refractivity contribution in [3.63, 3.8) is 0 Å². The van der Waals surface area contributed by atoms with Crippen molar-refractivity contribution in [2.45, 2.75) is 12.2 Å². The summed E-state index contributed by atoms with van der Waals surface area (Å²) < 4.78 is 39.4. The number of hydrogen-bond acceptors (Lipinski definition) is 4. The molecule has 7 heteroatoms. The molecular formula is C18H18F3N3S. The number of likely N-dealkylation sites (N-methyl/N-ethyl adjacent to an activating group) is 1.